The van der Waals surface area contributed by atoms with E-state index in [4.69, 9.17) is 0 Å². The molecule has 0 saturated heterocycles. The Morgan fingerprint density at radius 2 is 2.33 bits per heavy atom. The molecule has 0 aliphatic rings. The molecule has 3 heteroatoms. The molecule has 0 aliphatic heterocycles. The fourth-order valence-corrected chi connectivity index (χ4v) is 1.07. The van der Waals surface area contributed by atoms with Gasteiger partial charge in [-0.05, 0) is 0 Å². The predicted octanol–water partition coefficient (Wildman–Crippen LogP) is 0.774. The van der Waals surface area contributed by atoms with Crippen molar-refractivity contribution in [3.8, 4) is 0 Å². The van der Waals surface area contributed by atoms with Gasteiger partial charge in [-0.25, -0.2) is 0 Å². The third kappa shape index (κ3) is 4.68. The van der Waals surface area contributed by atoms with Gasteiger partial charge in [0.2, 0.25) is 0 Å². The topological polar surface area (TPSA) is 17.1 Å². The Kier molecular flexibility index (Phi) is 6.33. The summed E-state index contributed by atoms with van der Waals surface area (Å²) in [5.74, 6) is 0.870. The summed E-state index contributed by atoms with van der Waals surface area (Å²) in [5, 5.41) is 0.865. The summed E-state index contributed by atoms with van der Waals surface area (Å²) in [6.45, 7) is 0. The van der Waals surface area contributed by atoms with E-state index < -0.39 is 15.2 Å². The number of hydrogen-bond acceptors (Lipinski definition) is 2. The zero-order chi connectivity index (χ0) is 4.83. The summed E-state index contributed by atoms with van der Waals surface area (Å²) < 4.78 is 9.74. The van der Waals surface area contributed by atoms with Crippen LogP contribution in [0.3, 0.4) is 0 Å². The molecule has 0 aliphatic carbocycles. The Morgan fingerprint density at radius 3 is 2.50 bits per heavy atom. The molecule has 0 radical (unpaired) electrons. The Balaban J connectivity index is 2.49. The predicted molar refractivity (Wildman–Crippen MR) is 29.7 cm³/mol. The molecule has 0 fully saturated rings. The second-order valence-corrected chi connectivity index (χ2v) is 2.39. The average molecular weight is 118 g/mol. The van der Waals surface area contributed by atoms with Crippen LogP contribution in [-0.4, -0.2) is 20.9 Å². The van der Waals surface area contributed by atoms with Crippen LogP contribution in [0.4, 0.5) is 0 Å². The van der Waals surface area contributed by atoms with Crippen molar-refractivity contribution < 1.29 is 3.80 Å². The molecule has 0 rings (SSSR count). The summed E-state index contributed by atoms with van der Waals surface area (Å²) in [7, 11) is 0. The molecule has 1 nitrogen and oxygen atoms in total. The van der Waals surface area contributed by atoms with Gasteiger partial charge < -0.3 is 0 Å². The molecular weight excluding hydrogens is 111 g/mol. The van der Waals surface area contributed by atoms with Crippen molar-refractivity contribution in [1.82, 2.24) is 0 Å². The molecule has 0 unspecified atom stereocenters. The van der Waals surface area contributed by atoms with Crippen LogP contribution in [-0.2, 0) is 3.80 Å². The first-order valence-electron chi connectivity index (χ1n) is 1.96. The molecule has 0 saturated carbocycles. The van der Waals surface area contributed by atoms with Gasteiger partial charge in [-0.15, -0.1) is 0 Å². The first-order chi connectivity index (χ1) is 2.91. The van der Waals surface area contributed by atoms with Crippen LogP contribution < -0.4 is 0 Å². The van der Waals surface area contributed by atoms with Gasteiger partial charge in [0.15, 0.2) is 0 Å². The van der Waals surface area contributed by atoms with Crippen LogP contribution in [0.25, 0.3) is 0 Å². The maximum absolute atomic E-state index is 9.74. The van der Waals surface area contributed by atoms with E-state index in [0.717, 1.165) is 17.5 Å². The van der Waals surface area contributed by atoms with Gasteiger partial charge in [0.05, 0.1) is 0 Å². The van der Waals surface area contributed by atoms with Gasteiger partial charge in [-0.1, -0.05) is 0 Å². The summed E-state index contributed by atoms with van der Waals surface area (Å²) >= 11 is 3.41. The molecule has 6 heavy (non-hydrogen) atoms. The van der Waals surface area contributed by atoms with Crippen molar-refractivity contribution in [2.24, 2.45) is 0 Å². The van der Waals surface area contributed by atoms with E-state index in [9.17, 15) is 3.80 Å². The molecule has 0 bridgehead atoms. The van der Waals surface area contributed by atoms with E-state index in [-0.39, 0.29) is 0 Å². The minimum atomic E-state index is -0.515. The van der Waals surface area contributed by atoms with Gasteiger partial charge in [0, 0.05) is 0 Å². The Bertz CT molecular complexity index is 39.8. The fourth-order valence-electron chi connectivity index (χ4n) is 0.175. The zero-order valence-electron chi connectivity index (χ0n) is 3.55. The van der Waals surface area contributed by atoms with E-state index >= 15 is 0 Å². The van der Waals surface area contributed by atoms with E-state index in [2.05, 4.69) is 12.6 Å². The molecule has 0 aromatic rings. The van der Waals surface area contributed by atoms with Crippen molar-refractivity contribution in [3.05, 3.63) is 0 Å². The van der Waals surface area contributed by atoms with Crippen molar-refractivity contribution in [2.45, 2.75) is 11.7 Å². The van der Waals surface area contributed by atoms with E-state index in [1.165, 1.54) is 0 Å². The number of hydrogen-bond donors (Lipinski definition) is 1. The van der Waals surface area contributed by atoms with E-state index in [0.29, 0.717) is 0 Å². The first kappa shape index (κ1) is 6.68. The summed E-state index contributed by atoms with van der Waals surface area (Å²) in [5.41, 5.74) is 0. The third-order valence-corrected chi connectivity index (χ3v) is 1.44. The summed E-state index contributed by atoms with van der Waals surface area (Å²) in [6.07, 6.45) is 1.00. The second-order valence-electron chi connectivity index (χ2n) is 1.03. The zero-order valence-corrected chi connectivity index (χ0v) is 5.60. The fraction of sp³-hybridized carbons (Fsp3) is 1.00. The molecule has 0 aromatic heterocycles. The van der Waals surface area contributed by atoms with Gasteiger partial charge in [-0.3, -0.25) is 0 Å². The summed E-state index contributed by atoms with van der Waals surface area (Å²) in [4.78, 5) is 0. The Hall–Kier alpha value is 0.682. The van der Waals surface area contributed by atoms with Gasteiger partial charge in [0.1, 0.15) is 0 Å². The van der Waals surface area contributed by atoms with Crippen molar-refractivity contribution >= 4 is 27.8 Å². The number of thiol groups is 1. The van der Waals surface area contributed by atoms with Crippen molar-refractivity contribution in [3.63, 3.8) is 0 Å². The monoisotopic (exact) mass is 118 g/mol. The SMILES string of the molecule is [O]=[Al][CH2]CCS. The Morgan fingerprint density at radius 1 is 1.67 bits per heavy atom. The van der Waals surface area contributed by atoms with Crippen LogP contribution >= 0.6 is 12.6 Å². The van der Waals surface area contributed by atoms with Crippen LogP contribution in [0.5, 0.6) is 0 Å². The molecule has 0 amide bonds. The van der Waals surface area contributed by atoms with Crippen LogP contribution in [0.2, 0.25) is 5.28 Å². The normalized spacial score (nSPS) is 7.50. The molecule has 0 N–H and O–H groups in total. The average Bonchev–Trinajstić information content (AvgIpc) is 1.61. The van der Waals surface area contributed by atoms with Crippen LogP contribution in [0, 0.1) is 0 Å². The maximum atomic E-state index is 9.74. The van der Waals surface area contributed by atoms with Gasteiger partial charge >= 0.3 is 49.0 Å². The van der Waals surface area contributed by atoms with E-state index in [1.807, 2.05) is 0 Å². The van der Waals surface area contributed by atoms with Crippen LogP contribution in [0.15, 0.2) is 0 Å². The first-order valence-corrected chi connectivity index (χ1v) is 3.88. The molecule has 0 atom stereocenters. The standard InChI is InChI=1S/C3H7S.Al.O/c1-2-3-4;;/h4H,1-3H2;;. The third-order valence-electron chi connectivity index (χ3n) is 0.480. The molecule has 34 valence electrons. The molecule has 0 spiro atoms. The van der Waals surface area contributed by atoms with Crippen molar-refractivity contribution in [1.29, 1.82) is 0 Å². The quantitative estimate of drug-likeness (QED) is 0.329. The molecule has 0 heterocycles. The Labute approximate surface area is 49.5 Å². The van der Waals surface area contributed by atoms with Crippen molar-refractivity contribution in [2.75, 3.05) is 5.75 Å². The van der Waals surface area contributed by atoms with E-state index in [1.54, 1.807) is 0 Å². The minimum absolute atomic E-state index is 0.515. The molecular formula is C3H7AlOS. The molecule has 0 aromatic carbocycles. The van der Waals surface area contributed by atoms with Gasteiger partial charge in [-0.2, -0.15) is 0 Å². The summed E-state index contributed by atoms with van der Waals surface area (Å²) in [6, 6.07) is 0. The second kappa shape index (κ2) is 5.68. The van der Waals surface area contributed by atoms with Gasteiger partial charge in [0.25, 0.3) is 0 Å². The van der Waals surface area contributed by atoms with Crippen LogP contribution in [0.1, 0.15) is 6.42 Å². The number of rotatable bonds is 3.